The second kappa shape index (κ2) is 5.83. The molecule has 0 saturated carbocycles. The molecule has 0 aromatic carbocycles. The Morgan fingerprint density at radius 2 is 1.71 bits per heavy atom. The van der Waals surface area contributed by atoms with E-state index in [9.17, 15) is 14.4 Å². The van der Waals surface area contributed by atoms with Crippen LogP contribution in [-0.2, 0) is 9.47 Å². The van der Waals surface area contributed by atoms with Crippen molar-refractivity contribution < 1.29 is 23.5 Å². The molecule has 0 radical (unpaired) electrons. The van der Waals surface area contributed by atoms with Crippen LogP contribution in [0.3, 0.4) is 0 Å². The van der Waals surface area contributed by atoms with E-state index in [1.165, 1.54) is 0 Å². The molecule has 0 atom stereocenters. The van der Waals surface area contributed by atoms with E-state index in [2.05, 4.69) is 9.15 Å². The average molecular weight is 240 g/mol. The topological polar surface area (TPSA) is 82.8 Å². The van der Waals surface area contributed by atoms with E-state index in [-0.39, 0.29) is 24.5 Å². The minimum absolute atomic E-state index is 0.0360. The zero-order valence-corrected chi connectivity index (χ0v) is 9.52. The second-order valence-corrected chi connectivity index (χ2v) is 2.97. The Morgan fingerprint density at radius 3 is 2.29 bits per heavy atom. The molecule has 0 N–H and O–H groups in total. The Bertz CT molecular complexity index is 434. The largest absolute Gasteiger partial charge is 0.462 e. The van der Waals surface area contributed by atoms with Gasteiger partial charge in [-0.05, 0) is 13.8 Å². The highest BCUT2D eigenvalue weighted by Crippen LogP contribution is 2.05. The van der Waals surface area contributed by atoms with E-state index >= 15 is 0 Å². The van der Waals surface area contributed by atoms with Crippen molar-refractivity contribution in [1.82, 2.24) is 0 Å². The van der Waals surface area contributed by atoms with Gasteiger partial charge in [0.25, 0.3) is 0 Å². The van der Waals surface area contributed by atoms with E-state index in [0.717, 1.165) is 12.1 Å². The van der Waals surface area contributed by atoms with E-state index in [4.69, 9.17) is 4.74 Å². The van der Waals surface area contributed by atoms with Gasteiger partial charge < -0.3 is 13.9 Å². The molecule has 6 nitrogen and oxygen atoms in total. The molecule has 92 valence electrons. The van der Waals surface area contributed by atoms with Crippen LogP contribution < -0.4 is 5.63 Å². The third-order valence-electron chi connectivity index (χ3n) is 1.76. The van der Waals surface area contributed by atoms with Crippen molar-refractivity contribution in [2.45, 2.75) is 13.8 Å². The van der Waals surface area contributed by atoms with Gasteiger partial charge in [-0.1, -0.05) is 0 Å². The SMILES string of the molecule is CCOC(=O)c1cc(C(=O)OCC)oc(=O)c1. The van der Waals surface area contributed by atoms with Crippen molar-refractivity contribution in [2.24, 2.45) is 0 Å². The van der Waals surface area contributed by atoms with Crippen LogP contribution in [0.2, 0.25) is 0 Å². The number of carbonyl (C=O) groups is 2. The molecule has 0 aliphatic rings. The Balaban J connectivity index is 3.06. The highest BCUT2D eigenvalue weighted by Gasteiger charge is 2.16. The first-order chi connectivity index (χ1) is 8.08. The molecular formula is C11H12O6. The molecule has 17 heavy (non-hydrogen) atoms. The molecular weight excluding hydrogens is 228 g/mol. The van der Waals surface area contributed by atoms with Crippen molar-refractivity contribution in [3.05, 3.63) is 33.9 Å². The highest BCUT2D eigenvalue weighted by atomic mass is 16.5. The summed E-state index contributed by atoms with van der Waals surface area (Å²) in [6, 6.07) is 2.08. The van der Waals surface area contributed by atoms with Crippen molar-refractivity contribution in [3.8, 4) is 0 Å². The lowest BCUT2D eigenvalue weighted by atomic mass is 10.2. The smallest absolute Gasteiger partial charge is 0.374 e. The molecule has 1 rings (SSSR count). The summed E-state index contributed by atoms with van der Waals surface area (Å²) in [6.07, 6.45) is 0. The third-order valence-corrected chi connectivity index (χ3v) is 1.76. The van der Waals surface area contributed by atoms with Crippen LogP contribution in [0.5, 0.6) is 0 Å². The quantitative estimate of drug-likeness (QED) is 0.730. The van der Waals surface area contributed by atoms with Crippen LogP contribution in [0.15, 0.2) is 21.3 Å². The van der Waals surface area contributed by atoms with Crippen LogP contribution in [0, 0.1) is 0 Å². The summed E-state index contributed by atoms with van der Waals surface area (Å²) in [6.45, 7) is 3.57. The van der Waals surface area contributed by atoms with Gasteiger partial charge in [0.1, 0.15) is 0 Å². The number of esters is 2. The van der Waals surface area contributed by atoms with Crippen molar-refractivity contribution in [1.29, 1.82) is 0 Å². The van der Waals surface area contributed by atoms with Crippen molar-refractivity contribution >= 4 is 11.9 Å². The van der Waals surface area contributed by atoms with Gasteiger partial charge >= 0.3 is 17.6 Å². The summed E-state index contributed by atoms with van der Waals surface area (Å²) >= 11 is 0. The average Bonchev–Trinajstić information content (AvgIpc) is 2.29. The molecule has 0 fully saturated rings. The number of rotatable bonds is 4. The summed E-state index contributed by atoms with van der Waals surface area (Å²) in [5.41, 5.74) is -0.843. The summed E-state index contributed by atoms with van der Waals surface area (Å²) in [7, 11) is 0. The van der Waals surface area contributed by atoms with Crippen molar-refractivity contribution in [2.75, 3.05) is 13.2 Å². The van der Waals surface area contributed by atoms with Crippen molar-refractivity contribution in [3.63, 3.8) is 0 Å². The highest BCUT2D eigenvalue weighted by molar-refractivity contribution is 5.93. The van der Waals surface area contributed by atoms with Crippen LogP contribution in [0.4, 0.5) is 0 Å². The predicted octanol–water partition coefficient (Wildman–Crippen LogP) is 0.993. The van der Waals surface area contributed by atoms with E-state index in [1.807, 2.05) is 0 Å². The normalized spacial score (nSPS) is 9.76. The first kappa shape index (κ1) is 13.0. The molecule has 0 bridgehead atoms. The maximum atomic E-state index is 11.4. The van der Waals surface area contributed by atoms with Crippen LogP contribution in [0.25, 0.3) is 0 Å². The summed E-state index contributed by atoms with van der Waals surface area (Å²) in [5.74, 6) is -1.80. The first-order valence-electron chi connectivity index (χ1n) is 5.08. The minimum Gasteiger partial charge on any atom is -0.462 e. The molecule has 0 aliphatic carbocycles. The molecule has 1 aromatic heterocycles. The minimum atomic E-state index is -0.807. The van der Waals surface area contributed by atoms with Crippen LogP contribution in [0.1, 0.15) is 34.8 Å². The maximum Gasteiger partial charge on any atom is 0.374 e. The Kier molecular flexibility index (Phi) is 4.45. The molecule has 1 aromatic rings. The van der Waals surface area contributed by atoms with Gasteiger partial charge in [-0.2, -0.15) is 0 Å². The number of carbonyl (C=O) groups excluding carboxylic acids is 2. The van der Waals surface area contributed by atoms with Gasteiger partial charge in [0.15, 0.2) is 0 Å². The Hall–Kier alpha value is -2.11. The number of ether oxygens (including phenoxy) is 2. The van der Waals surface area contributed by atoms with E-state index in [0.29, 0.717) is 0 Å². The van der Waals surface area contributed by atoms with Gasteiger partial charge in [-0.15, -0.1) is 0 Å². The van der Waals surface area contributed by atoms with E-state index < -0.39 is 17.6 Å². The fourth-order valence-electron chi connectivity index (χ4n) is 1.11. The van der Waals surface area contributed by atoms with Gasteiger partial charge in [-0.25, -0.2) is 14.4 Å². The molecule has 0 unspecified atom stereocenters. The Labute approximate surface area is 97.1 Å². The molecule has 1 heterocycles. The molecule has 0 saturated heterocycles. The molecule has 6 heteroatoms. The van der Waals surface area contributed by atoms with Crippen LogP contribution in [-0.4, -0.2) is 25.2 Å². The molecule has 0 aliphatic heterocycles. The maximum absolute atomic E-state index is 11.4. The van der Waals surface area contributed by atoms with E-state index in [1.54, 1.807) is 13.8 Å². The molecule has 0 amide bonds. The zero-order chi connectivity index (χ0) is 12.8. The molecule has 0 spiro atoms. The summed E-state index contributed by atoms with van der Waals surface area (Å²) in [4.78, 5) is 33.8. The fraction of sp³-hybridized carbons (Fsp3) is 0.364. The number of hydrogen-bond donors (Lipinski definition) is 0. The Morgan fingerprint density at radius 1 is 1.12 bits per heavy atom. The standard InChI is InChI=1S/C11H12O6/c1-3-15-10(13)7-5-8(11(14)16-4-2)17-9(12)6-7/h5-6H,3-4H2,1-2H3. The summed E-state index contributed by atoms with van der Waals surface area (Å²) < 4.78 is 14.0. The second-order valence-electron chi connectivity index (χ2n) is 2.97. The van der Waals surface area contributed by atoms with Gasteiger partial charge in [-0.3, -0.25) is 0 Å². The zero-order valence-electron chi connectivity index (χ0n) is 9.52. The van der Waals surface area contributed by atoms with Gasteiger partial charge in [0, 0.05) is 12.1 Å². The first-order valence-corrected chi connectivity index (χ1v) is 5.08. The van der Waals surface area contributed by atoms with Gasteiger partial charge in [0.05, 0.1) is 18.8 Å². The van der Waals surface area contributed by atoms with Gasteiger partial charge in [0.2, 0.25) is 5.76 Å². The third kappa shape index (κ3) is 3.44. The fourth-order valence-corrected chi connectivity index (χ4v) is 1.11. The number of hydrogen-bond acceptors (Lipinski definition) is 6. The van der Waals surface area contributed by atoms with Crippen LogP contribution >= 0.6 is 0 Å². The lowest BCUT2D eigenvalue weighted by Gasteiger charge is -2.03. The lowest BCUT2D eigenvalue weighted by Crippen LogP contribution is -2.14. The monoisotopic (exact) mass is 240 g/mol. The predicted molar refractivity (Wildman–Crippen MR) is 56.9 cm³/mol. The summed E-state index contributed by atoms with van der Waals surface area (Å²) in [5, 5.41) is 0. The lowest BCUT2D eigenvalue weighted by molar-refractivity contribution is 0.0483.